The first kappa shape index (κ1) is 23.9. The zero-order valence-corrected chi connectivity index (χ0v) is 21.6. The number of para-hydroxylation sites is 1. The van der Waals surface area contributed by atoms with Crippen LogP contribution in [-0.2, 0) is 4.79 Å². The average molecular weight is 517 g/mol. The third-order valence-corrected chi connectivity index (χ3v) is 7.06. The summed E-state index contributed by atoms with van der Waals surface area (Å²) in [5.74, 6) is -0.126. The van der Waals surface area contributed by atoms with Crippen LogP contribution in [0.5, 0.6) is 0 Å². The van der Waals surface area contributed by atoms with E-state index in [1.165, 1.54) is 10.6 Å². The molecule has 5 nitrogen and oxygen atoms in total. The number of benzene rings is 4. The van der Waals surface area contributed by atoms with Crippen LogP contribution in [0.3, 0.4) is 0 Å². The minimum atomic E-state index is -0.126. The summed E-state index contributed by atoms with van der Waals surface area (Å²) in [5, 5.41) is 13.8. The topological polar surface area (TPSA) is 48.3 Å². The van der Waals surface area contributed by atoms with Crippen LogP contribution in [0, 0.1) is 0 Å². The van der Waals surface area contributed by atoms with E-state index in [0.717, 1.165) is 34.6 Å². The van der Waals surface area contributed by atoms with Crippen LogP contribution >= 0.6 is 11.6 Å². The Kier molecular flexibility index (Phi) is 6.36. The van der Waals surface area contributed by atoms with E-state index in [-0.39, 0.29) is 11.9 Å². The molecule has 0 aromatic heterocycles. The van der Waals surface area contributed by atoms with Gasteiger partial charge in [-0.05, 0) is 66.1 Å². The number of halogens is 1. The molecule has 4 aromatic rings. The maximum absolute atomic E-state index is 13.1. The maximum atomic E-state index is 13.1. The monoisotopic (exact) mass is 516 g/mol. The molecule has 2 heterocycles. The molecule has 6 heteroatoms. The predicted molar refractivity (Wildman–Crippen MR) is 156 cm³/mol. The summed E-state index contributed by atoms with van der Waals surface area (Å²) in [6, 6.07) is 36.0. The van der Waals surface area contributed by atoms with Gasteiger partial charge >= 0.3 is 0 Å². The van der Waals surface area contributed by atoms with Crippen molar-refractivity contribution in [3.05, 3.63) is 136 Å². The molecule has 0 spiro atoms. The van der Waals surface area contributed by atoms with Gasteiger partial charge in [-0.3, -0.25) is 9.80 Å². The van der Waals surface area contributed by atoms with Crippen molar-refractivity contribution in [2.24, 2.45) is 10.2 Å². The number of hydrogen-bond donors (Lipinski definition) is 0. The van der Waals surface area contributed by atoms with Crippen LogP contribution in [0.4, 0.5) is 11.4 Å². The summed E-state index contributed by atoms with van der Waals surface area (Å²) in [6.45, 7) is 1.86. The molecule has 1 amide bonds. The molecule has 4 aromatic carbocycles. The van der Waals surface area contributed by atoms with Crippen molar-refractivity contribution in [2.75, 3.05) is 10.0 Å². The summed E-state index contributed by atoms with van der Waals surface area (Å²) >= 11 is 6.11. The molecule has 1 atom stereocenters. The lowest BCUT2D eigenvalue weighted by Gasteiger charge is -2.24. The van der Waals surface area contributed by atoms with Crippen LogP contribution in [0.15, 0.2) is 125 Å². The van der Waals surface area contributed by atoms with E-state index in [0.29, 0.717) is 16.3 Å². The van der Waals surface area contributed by atoms with Crippen molar-refractivity contribution in [3.8, 4) is 0 Å². The largest absolute Gasteiger partial charge is 0.280 e. The van der Waals surface area contributed by atoms with Gasteiger partial charge in [-0.15, -0.1) is 0 Å². The normalized spacial score (nSPS) is 18.2. The third-order valence-electron chi connectivity index (χ3n) is 6.80. The molecule has 2 aliphatic heterocycles. The Morgan fingerprint density at radius 3 is 2.13 bits per heavy atom. The molecule has 0 fully saturated rings. The first-order valence-electron chi connectivity index (χ1n) is 12.5. The van der Waals surface area contributed by atoms with E-state index < -0.39 is 0 Å². The SMILES string of the molecule is CC1=NN(c2ccccc2)C(=O)C1=Cc1ccc(N2N=C(c3ccc(Cl)cc3)CC2c2ccccc2)cc1. The molecule has 1 unspecified atom stereocenters. The number of carbonyl (C=O) groups is 1. The summed E-state index contributed by atoms with van der Waals surface area (Å²) in [5.41, 5.74) is 7.25. The van der Waals surface area contributed by atoms with Gasteiger partial charge in [0, 0.05) is 11.4 Å². The molecule has 0 N–H and O–H groups in total. The minimum absolute atomic E-state index is 0.0799. The van der Waals surface area contributed by atoms with Crippen molar-refractivity contribution < 1.29 is 4.79 Å². The van der Waals surface area contributed by atoms with Gasteiger partial charge in [0.05, 0.1) is 34.4 Å². The highest BCUT2D eigenvalue weighted by Gasteiger charge is 2.30. The highest BCUT2D eigenvalue weighted by Crippen LogP contribution is 2.37. The number of anilines is 2. The van der Waals surface area contributed by atoms with Crippen molar-refractivity contribution in [1.82, 2.24) is 0 Å². The Morgan fingerprint density at radius 1 is 0.789 bits per heavy atom. The average Bonchev–Trinajstić information content (AvgIpc) is 3.52. The van der Waals surface area contributed by atoms with Gasteiger partial charge in [-0.25, -0.2) is 0 Å². The fourth-order valence-corrected chi connectivity index (χ4v) is 4.94. The van der Waals surface area contributed by atoms with E-state index in [1.807, 2.05) is 85.8 Å². The standard InChI is InChI=1S/C32H25ClN4O/c1-22-29(32(38)37(34-22)27-10-6-3-7-11-27)20-23-12-18-28(19-13-23)36-31(25-8-4-2-5-9-25)21-30(35-36)24-14-16-26(33)17-15-24/h2-20,31H,21H2,1H3. The number of hydrogen-bond acceptors (Lipinski definition) is 4. The lowest BCUT2D eigenvalue weighted by Crippen LogP contribution is -2.21. The second-order valence-corrected chi connectivity index (χ2v) is 9.75. The molecule has 186 valence electrons. The Hall–Kier alpha value is -4.48. The molecular formula is C32H25ClN4O. The molecule has 0 bridgehead atoms. The zero-order valence-electron chi connectivity index (χ0n) is 20.8. The van der Waals surface area contributed by atoms with Gasteiger partial charge in [-0.2, -0.15) is 15.2 Å². The Bertz CT molecular complexity index is 1560. The zero-order chi connectivity index (χ0) is 26.1. The second kappa shape index (κ2) is 10.1. The number of nitrogens with zero attached hydrogens (tertiary/aromatic N) is 4. The first-order chi connectivity index (χ1) is 18.6. The van der Waals surface area contributed by atoms with E-state index in [1.54, 1.807) is 0 Å². The number of hydrazone groups is 2. The van der Waals surface area contributed by atoms with Crippen LogP contribution in [0.2, 0.25) is 5.02 Å². The highest BCUT2D eigenvalue weighted by atomic mass is 35.5. The summed E-state index contributed by atoms with van der Waals surface area (Å²) < 4.78 is 0. The number of carbonyl (C=O) groups excluding carboxylic acids is 1. The first-order valence-corrected chi connectivity index (χ1v) is 12.9. The van der Waals surface area contributed by atoms with Gasteiger partial charge < -0.3 is 0 Å². The Labute approximate surface area is 227 Å². The Balaban J connectivity index is 1.29. The van der Waals surface area contributed by atoms with Crippen LogP contribution in [-0.4, -0.2) is 17.3 Å². The molecule has 38 heavy (non-hydrogen) atoms. The molecular weight excluding hydrogens is 492 g/mol. The van der Waals surface area contributed by atoms with E-state index in [9.17, 15) is 4.79 Å². The summed E-state index contributed by atoms with van der Waals surface area (Å²) in [4.78, 5) is 13.1. The maximum Gasteiger partial charge on any atom is 0.280 e. The summed E-state index contributed by atoms with van der Waals surface area (Å²) in [7, 11) is 0. The fourth-order valence-electron chi connectivity index (χ4n) is 4.82. The van der Waals surface area contributed by atoms with E-state index >= 15 is 0 Å². The molecule has 0 radical (unpaired) electrons. The van der Waals surface area contributed by atoms with Crippen LogP contribution < -0.4 is 10.0 Å². The van der Waals surface area contributed by atoms with Gasteiger partial charge in [0.1, 0.15) is 0 Å². The Morgan fingerprint density at radius 2 is 1.45 bits per heavy atom. The molecule has 6 rings (SSSR count). The minimum Gasteiger partial charge on any atom is -0.267 e. The van der Waals surface area contributed by atoms with Gasteiger partial charge in [-0.1, -0.05) is 84.4 Å². The quantitative estimate of drug-likeness (QED) is 0.258. The van der Waals surface area contributed by atoms with Gasteiger partial charge in [0.15, 0.2) is 0 Å². The predicted octanol–water partition coefficient (Wildman–Crippen LogP) is 7.50. The van der Waals surface area contributed by atoms with Crippen LogP contribution in [0.1, 0.15) is 36.1 Å². The fraction of sp³-hybridized carbons (Fsp3) is 0.0938. The van der Waals surface area contributed by atoms with Gasteiger partial charge in [0.2, 0.25) is 0 Å². The summed E-state index contributed by atoms with van der Waals surface area (Å²) in [6.07, 6.45) is 2.69. The van der Waals surface area contributed by atoms with Crippen molar-refractivity contribution >= 4 is 46.4 Å². The number of rotatable bonds is 5. The third kappa shape index (κ3) is 4.64. The van der Waals surface area contributed by atoms with Gasteiger partial charge in [0.25, 0.3) is 5.91 Å². The smallest absolute Gasteiger partial charge is 0.267 e. The molecule has 2 aliphatic rings. The molecule has 0 saturated carbocycles. The van der Waals surface area contributed by atoms with E-state index in [4.69, 9.17) is 16.7 Å². The van der Waals surface area contributed by atoms with Crippen LogP contribution in [0.25, 0.3) is 6.08 Å². The van der Waals surface area contributed by atoms with Crippen molar-refractivity contribution in [3.63, 3.8) is 0 Å². The number of amides is 1. The molecule has 0 aliphatic carbocycles. The highest BCUT2D eigenvalue weighted by molar-refractivity contribution is 6.32. The van der Waals surface area contributed by atoms with Crippen molar-refractivity contribution in [1.29, 1.82) is 0 Å². The van der Waals surface area contributed by atoms with E-state index in [2.05, 4.69) is 46.5 Å². The second-order valence-electron chi connectivity index (χ2n) is 9.32. The lowest BCUT2D eigenvalue weighted by molar-refractivity contribution is -0.114. The molecule has 0 saturated heterocycles. The lowest BCUT2D eigenvalue weighted by atomic mass is 9.98. The van der Waals surface area contributed by atoms with Crippen molar-refractivity contribution in [2.45, 2.75) is 19.4 Å².